The van der Waals surface area contributed by atoms with Crippen molar-refractivity contribution in [2.75, 3.05) is 27.3 Å². The van der Waals surface area contributed by atoms with E-state index in [1.165, 1.54) is 11.3 Å². The van der Waals surface area contributed by atoms with Gasteiger partial charge in [0.05, 0.1) is 6.61 Å². The van der Waals surface area contributed by atoms with Crippen LogP contribution in [0, 0.1) is 4.64 Å². The normalized spacial score (nSPS) is 20.6. The SMILES string of the molecule is CN(C)Cc1[nH]c(=S)ccc1[C@H]1CCOC1. The van der Waals surface area contributed by atoms with Gasteiger partial charge in [-0.25, -0.2) is 0 Å². The van der Waals surface area contributed by atoms with Crippen LogP contribution in [0.5, 0.6) is 0 Å². The minimum absolute atomic E-state index is 0.529. The molecule has 1 aliphatic rings. The standard InChI is InChI=1S/C12H18N2OS/c1-14(2)7-11-10(3-4-12(16)13-11)9-5-6-15-8-9/h3-4,9H,5-8H2,1-2H3,(H,13,16)/t9-/m0/s1. The number of nitrogens with one attached hydrogen (secondary N) is 1. The van der Waals surface area contributed by atoms with Gasteiger partial charge >= 0.3 is 0 Å². The van der Waals surface area contributed by atoms with Crippen molar-refractivity contribution in [3.63, 3.8) is 0 Å². The summed E-state index contributed by atoms with van der Waals surface area (Å²) in [4.78, 5) is 5.45. The quantitative estimate of drug-likeness (QED) is 0.819. The van der Waals surface area contributed by atoms with E-state index in [1.54, 1.807) is 0 Å². The topological polar surface area (TPSA) is 28.3 Å². The van der Waals surface area contributed by atoms with Crippen molar-refractivity contribution in [3.05, 3.63) is 28.0 Å². The first-order chi connectivity index (χ1) is 7.66. The van der Waals surface area contributed by atoms with Crippen LogP contribution in [0.25, 0.3) is 0 Å². The zero-order chi connectivity index (χ0) is 11.5. The predicted octanol–water partition coefficient (Wildman–Crippen LogP) is 2.31. The maximum Gasteiger partial charge on any atom is 0.103 e. The lowest BCUT2D eigenvalue weighted by atomic mass is 9.97. The molecule has 0 unspecified atom stereocenters. The summed E-state index contributed by atoms with van der Waals surface area (Å²) in [5, 5.41) is 0. The van der Waals surface area contributed by atoms with E-state index in [9.17, 15) is 0 Å². The van der Waals surface area contributed by atoms with Crippen molar-refractivity contribution in [2.24, 2.45) is 0 Å². The maximum absolute atomic E-state index is 5.45. The molecule has 0 amide bonds. The molecule has 2 rings (SSSR count). The van der Waals surface area contributed by atoms with Crippen molar-refractivity contribution < 1.29 is 4.74 Å². The monoisotopic (exact) mass is 238 g/mol. The molecule has 1 aromatic heterocycles. The third-order valence-corrected chi connectivity index (χ3v) is 3.12. The van der Waals surface area contributed by atoms with Gasteiger partial charge in [-0.2, -0.15) is 0 Å². The van der Waals surface area contributed by atoms with E-state index in [-0.39, 0.29) is 0 Å². The second-order valence-electron chi connectivity index (χ2n) is 4.55. The highest BCUT2D eigenvalue weighted by Gasteiger charge is 2.20. The van der Waals surface area contributed by atoms with Gasteiger partial charge in [0.15, 0.2) is 0 Å². The van der Waals surface area contributed by atoms with Crippen LogP contribution >= 0.6 is 12.2 Å². The molecule has 1 saturated heterocycles. The number of hydrogen-bond acceptors (Lipinski definition) is 3. The van der Waals surface area contributed by atoms with Crippen molar-refractivity contribution in [1.82, 2.24) is 9.88 Å². The highest BCUT2D eigenvalue weighted by molar-refractivity contribution is 7.71. The van der Waals surface area contributed by atoms with E-state index < -0.39 is 0 Å². The largest absolute Gasteiger partial charge is 0.381 e. The number of aromatic nitrogens is 1. The molecule has 1 aromatic rings. The summed E-state index contributed by atoms with van der Waals surface area (Å²) in [6.07, 6.45) is 1.12. The van der Waals surface area contributed by atoms with Crippen LogP contribution in [0.4, 0.5) is 0 Å². The average Bonchev–Trinajstić information content (AvgIpc) is 2.69. The second-order valence-corrected chi connectivity index (χ2v) is 4.99. The van der Waals surface area contributed by atoms with Crippen LogP contribution in [0.1, 0.15) is 23.6 Å². The molecule has 88 valence electrons. The second kappa shape index (κ2) is 5.08. The van der Waals surface area contributed by atoms with Crippen LogP contribution in [0.2, 0.25) is 0 Å². The number of nitrogens with zero attached hydrogens (tertiary/aromatic N) is 1. The molecule has 2 heterocycles. The molecule has 0 radical (unpaired) electrons. The molecule has 1 atom stereocenters. The van der Waals surface area contributed by atoms with Gasteiger partial charge in [0.1, 0.15) is 4.64 Å². The molecule has 1 N–H and O–H groups in total. The zero-order valence-corrected chi connectivity index (χ0v) is 10.6. The third kappa shape index (κ3) is 2.70. The van der Waals surface area contributed by atoms with Crippen LogP contribution in [-0.2, 0) is 11.3 Å². The van der Waals surface area contributed by atoms with Gasteiger partial charge in [-0.3, -0.25) is 0 Å². The van der Waals surface area contributed by atoms with Gasteiger partial charge in [-0.15, -0.1) is 0 Å². The molecule has 0 aromatic carbocycles. The smallest absolute Gasteiger partial charge is 0.103 e. The zero-order valence-electron chi connectivity index (χ0n) is 9.82. The van der Waals surface area contributed by atoms with Crippen molar-refractivity contribution in [3.8, 4) is 0 Å². The Morgan fingerprint density at radius 3 is 2.94 bits per heavy atom. The molecular formula is C12H18N2OS. The van der Waals surface area contributed by atoms with Gasteiger partial charge in [0.2, 0.25) is 0 Å². The number of H-pyrrole nitrogens is 1. The molecule has 4 heteroatoms. The summed E-state index contributed by atoms with van der Waals surface area (Å²) in [7, 11) is 4.14. The molecular weight excluding hydrogens is 220 g/mol. The summed E-state index contributed by atoms with van der Waals surface area (Å²) in [5.41, 5.74) is 2.59. The molecule has 16 heavy (non-hydrogen) atoms. The van der Waals surface area contributed by atoms with Crippen molar-refractivity contribution in [2.45, 2.75) is 18.9 Å². The van der Waals surface area contributed by atoms with Crippen molar-refractivity contribution >= 4 is 12.2 Å². The van der Waals surface area contributed by atoms with Crippen molar-refractivity contribution in [1.29, 1.82) is 0 Å². The van der Waals surface area contributed by atoms with Crippen LogP contribution in [-0.4, -0.2) is 37.2 Å². The van der Waals surface area contributed by atoms with E-state index >= 15 is 0 Å². The first-order valence-corrected chi connectivity index (χ1v) is 6.02. The number of hydrogen-bond donors (Lipinski definition) is 1. The Labute approximate surface area is 101 Å². The molecule has 1 fully saturated rings. The molecule has 1 aliphatic heterocycles. The van der Waals surface area contributed by atoms with Gasteiger partial charge in [0, 0.05) is 24.8 Å². The molecule has 0 aliphatic carbocycles. The van der Waals surface area contributed by atoms with Gasteiger partial charge in [-0.1, -0.05) is 18.3 Å². The number of ether oxygens (including phenoxy) is 1. The predicted molar refractivity (Wildman–Crippen MR) is 67.2 cm³/mol. The minimum Gasteiger partial charge on any atom is -0.381 e. The summed E-state index contributed by atoms with van der Waals surface area (Å²) in [5.74, 6) is 0.529. The van der Waals surface area contributed by atoms with Crippen LogP contribution in [0.15, 0.2) is 12.1 Å². The molecule has 0 saturated carbocycles. The summed E-state index contributed by atoms with van der Waals surface area (Å²) in [6, 6.07) is 4.12. The van der Waals surface area contributed by atoms with E-state index in [0.29, 0.717) is 5.92 Å². The molecule has 0 bridgehead atoms. The number of aromatic amines is 1. The fourth-order valence-electron chi connectivity index (χ4n) is 2.14. The van der Waals surface area contributed by atoms with Gasteiger partial charge in [-0.05, 0) is 32.1 Å². The third-order valence-electron chi connectivity index (χ3n) is 2.88. The first kappa shape index (κ1) is 11.8. The van der Waals surface area contributed by atoms with E-state index in [0.717, 1.165) is 30.8 Å². The van der Waals surface area contributed by atoms with E-state index in [1.807, 2.05) is 6.07 Å². The fourth-order valence-corrected chi connectivity index (χ4v) is 2.33. The van der Waals surface area contributed by atoms with Gasteiger partial charge in [0.25, 0.3) is 0 Å². The fraction of sp³-hybridized carbons (Fsp3) is 0.583. The Balaban J connectivity index is 2.31. The van der Waals surface area contributed by atoms with Gasteiger partial charge < -0.3 is 14.6 Å². The Hall–Kier alpha value is -0.710. The Morgan fingerprint density at radius 2 is 2.31 bits per heavy atom. The number of pyridine rings is 1. The Morgan fingerprint density at radius 1 is 1.50 bits per heavy atom. The van der Waals surface area contributed by atoms with E-state index in [2.05, 4.69) is 30.0 Å². The maximum atomic E-state index is 5.45. The molecule has 0 spiro atoms. The Kier molecular flexibility index (Phi) is 3.74. The summed E-state index contributed by atoms with van der Waals surface area (Å²) in [6.45, 7) is 2.61. The minimum atomic E-state index is 0.529. The first-order valence-electron chi connectivity index (χ1n) is 5.61. The lowest BCUT2D eigenvalue weighted by molar-refractivity contribution is 0.193. The lowest BCUT2D eigenvalue weighted by Gasteiger charge is -2.17. The molecule has 3 nitrogen and oxygen atoms in total. The number of rotatable bonds is 3. The lowest BCUT2D eigenvalue weighted by Crippen LogP contribution is -2.15. The highest BCUT2D eigenvalue weighted by atomic mass is 32.1. The summed E-state index contributed by atoms with van der Waals surface area (Å²) >= 11 is 5.18. The summed E-state index contributed by atoms with van der Waals surface area (Å²) < 4.78 is 6.25. The van der Waals surface area contributed by atoms with Crippen LogP contribution < -0.4 is 0 Å². The Bertz CT molecular complexity index is 408. The van der Waals surface area contributed by atoms with Crippen LogP contribution in [0.3, 0.4) is 0 Å². The average molecular weight is 238 g/mol. The highest BCUT2D eigenvalue weighted by Crippen LogP contribution is 2.27. The van der Waals surface area contributed by atoms with E-state index in [4.69, 9.17) is 17.0 Å².